The highest BCUT2D eigenvalue weighted by Crippen LogP contribution is 2.35. The molecule has 0 saturated carbocycles. The topological polar surface area (TPSA) is 149 Å². The van der Waals surface area contributed by atoms with E-state index in [-0.39, 0.29) is 56.2 Å². The number of hydrogen-bond acceptors (Lipinski definition) is 7. The number of hydrogen-bond donors (Lipinski definition) is 2. The number of aryl methyl sites for hydroxylation is 1. The van der Waals surface area contributed by atoms with Crippen molar-refractivity contribution in [2.75, 3.05) is 11.0 Å². The fraction of sp³-hybridized carbons (Fsp3) is 0.154. The lowest BCUT2D eigenvalue weighted by Crippen LogP contribution is -2.30. The molecule has 1 unspecified atom stereocenters. The molecule has 14 heteroatoms. The van der Waals surface area contributed by atoms with Crippen LogP contribution in [0.15, 0.2) is 53.3 Å². The second-order valence-electron chi connectivity index (χ2n) is 9.18. The summed E-state index contributed by atoms with van der Waals surface area (Å²) in [5.41, 5.74) is 7.20. The summed E-state index contributed by atoms with van der Waals surface area (Å²) in [4.78, 5) is 18.6. The van der Waals surface area contributed by atoms with Crippen molar-refractivity contribution in [1.82, 2.24) is 19.3 Å². The third kappa shape index (κ3) is 5.00. The van der Waals surface area contributed by atoms with E-state index in [2.05, 4.69) is 14.8 Å². The molecule has 40 heavy (non-hydrogen) atoms. The molecular formula is C26H20ClF2N7O3S. The van der Waals surface area contributed by atoms with Crippen LogP contribution >= 0.6 is 11.6 Å². The molecule has 0 aliphatic heterocycles. The maximum atomic E-state index is 14.0. The molecule has 0 saturated heterocycles. The molecule has 0 radical (unpaired) electrons. The lowest BCUT2D eigenvalue weighted by Gasteiger charge is -2.20. The second-order valence-corrected chi connectivity index (χ2v) is 11.3. The van der Waals surface area contributed by atoms with Crippen LogP contribution in [0.4, 0.5) is 14.6 Å². The lowest BCUT2D eigenvalue weighted by atomic mass is 10.0. The number of halogens is 3. The summed E-state index contributed by atoms with van der Waals surface area (Å²) in [7, 11) is -2.18. The Labute approximate surface area is 231 Å². The average molecular weight is 584 g/mol. The number of nitrogens with zero attached hydrogens (tertiary/aromatic N) is 5. The van der Waals surface area contributed by atoms with E-state index in [1.54, 1.807) is 7.05 Å². The minimum atomic E-state index is -3.73. The molecule has 204 valence electrons. The number of sulfonamides is 1. The Morgan fingerprint density at radius 1 is 1.15 bits per heavy atom. The van der Waals surface area contributed by atoms with Crippen LogP contribution in [-0.4, -0.2) is 34.0 Å². The van der Waals surface area contributed by atoms with Gasteiger partial charge in [0.05, 0.1) is 56.4 Å². The lowest BCUT2D eigenvalue weighted by molar-refractivity contribution is 0.572. The van der Waals surface area contributed by atoms with Gasteiger partial charge in [-0.05, 0) is 54.4 Å². The minimum Gasteiger partial charge on any atom is -0.321 e. The number of rotatable bonds is 6. The Bertz CT molecular complexity index is 2030. The van der Waals surface area contributed by atoms with Crippen LogP contribution in [-0.2, 0) is 23.5 Å². The van der Waals surface area contributed by atoms with E-state index in [1.165, 1.54) is 39.6 Å². The number of nitrogens with one attached hydrogen (secondary N) is 1. The molecule has 2 aromatic heterocycles. The molecule has 5 rings (SSSR count). The number of aromatic nitrogens is 4. The van der Waals surface area contributed by atoms with E-state index in [4.69, 9.17) is 17.3 Å². The largest absolute Gasteiger partial charge is 0.321 e. The molecule has 3 aromatic carbocycles. The molecule has 3 N–H and O–H groups in total. The van der Waals surface area contributed by atoms with Crippen molar-refractivity contribution in [1.29, 1.82) is 5.26 Å². The Morgan fingerprint density at radius 2 is 1.85 bits per heavy atom. The first-order chi connectivity index (χ1) is 18.9. The van der Waals surface area contributed by atoms with E-state index < -0.39 is 33.3 Å². The molecule has 0 spiro atoms. The minimum absolute atomic E-state index is 0.0275. The molecule has 0 aliphatic rings. The van der Waals surface area contributed by atoms with Crippen molar-refractivity contribution in [2.24, 2.45) is 12.8 Å². The van der Waals surface area contributed by atoms with E-state index in [0.29, 0.717) is 5.52 Å². The molecule has 1 atom stereocenters. The molecule has 10 nitrogen and oxygen atoms in total. The number of anilines is 1. The van der Waals surface area contributed by atoms with Gasteiger partial charge < -0.3 is 5.73 Å². The van der Waals surface area contributed by atoms with Gasteiger partial charge in [0.1, 0.15) is 17.5 Å². The fourth-order valence-corrected chi connectivity index (χ4v) is 5.35. The van der Waals surface area contributed by atoms with Crippen LogP contribution in [0.2, 0.25) is 5.02 Å². The summed E-state index contributed by atoms with van der Waals surface area (Å²) in [6.45, 7) is 0. The SMILES string of the molecule is Cn1nc(NS(C)(=O)=O)c2c(Cl)ccc(-n3c(C(N)Cc4cc(F)cc(F)c4)nc4cc(C#N)ccc4c3=O)c21. The Balaban J connectivity index is 1.82. The monoisotopic (exact) mass is 583 g/mol. The first kappa shape index (κ1) is 27.2. The first-order valence-electron chi connectivity index (χ1n) is 11.7. The van der Waals surface area contributed by atoms with Crippen LogP contribution in [0, 0.1) is 23.0 Å². The number of fused-ring (bicyclic) bond motifs is 2. The van der Waals surface area contributed by atoms with Crippen molar-refractivity contribution < 1.29 is 17.2 Å². The maximum absolute atomic E-state index is 14.0. The highest BCUT2D eigenvalue weighted by atomic mass is 35.5. The highest BCUT2D eigenvalue weighted by Gasteiger charge is 2.25. The van der Waals surface area contributed by atoms with Gasteiger partial charge in [0.25, 0.3) is 5.56 Å². The van der Waals surface area contributed by atoms with Crippen LogP contribution in [0.3, 0.4) is 0 Å². The molecule has 0 aliphatic carbocycles. The number of nitriles is 1. The summed E-state index contributed by atoms with van der Waals surface area (Å²) in [5, 5.41) is 14.2. The number of nitrogens with two attached hydrogens (primary N) is 1. The first-order valence-corrected chi connectivity index (χ1v) is 13.9. The van der Waals surface area contributed by atoms with Crippen molar-refractivity contribution in [3.05, 3.63) is 92.5 Å². The van der Waals surface area contributed by atoms with Gasteiger partial charge in [-0.25, -0.2) is 22.2 Å². The third-order valence-electron chi connectivity index (χ3n) is 6.17. The standard InChI is InChI=1S/C26H20ClF2N7O3S/c1-35-23-21(6-5-18(27)22(23)24(33-35)34-40(2,38)39)36-25(19(31)9-14-7-15(28)11-16(29)8-14)32-20-10-13(12-30)3-4-17(20)26(36)37/h3-8,10-11,19H,9,31H2,1-2H3,(H,33,34). The van der Waals surface area contributed by atoms with Crippen molar-refractivity contribution in [2.45, 2.75) is 12.5 Å². The quantitative estimate of drug-likeness (QED) is 0.310. The fourth-order valence-electron chi connectivity index (χ4n) is 4.61. The van der Waals surface area contributed by atoms with Gasteiger partial charge in [-0.3, -0.25) is 18.8 Å². The maximum Gasteiger partial charge on any atom is 0.266 e. The van der Waals surface area contributed by atoms with Gasteiger partial charge in [-0.15, -0.1) is 0 Å². The summed E-state index contributed by atoms with van der Waals surface area (Å²) in [5.74, 6) is -1.59. The van der Waals surface area contributed by atoms with Crippen LogP contribution < -0.4 is 16.0 Å². The third-order valence-corrected chi connectivity index (χ3v) is 7.05. The molecule has 5 aromatic rings. The van der Waals surface area contributed by atoms with Crippen LogP contribution in [0.25, 0.3) is 27.5 Å². The summed E-state index contributed by atoms with van der Waals surface area (Å²) in [6, 6.07) is 11.3. The predicted octanol–water partition coefficient (Wildman–Crippen LogP) is 3.69. The van der Waals surface area contributed by atoms with Crippen molar-refractivity contribution in [3.63, 3.8) is 0 Å². The number of benzene rings is 3. The Morgan fingerprint density at radius 3 is 2.50 bits per heavy atom. The van der Waals surface area contributed by atoms with Gasteiger partial charge in [-0.1, -0.05) is 11.6 Å². The molecule has 2 heterocycles. The van der Waals surface area contributed by atoms with Gasteiger partial charge >= 0.3 is 0 Å². The van der Waals surface area contributed by atoms with Crippen LogP contribution in [0.1, 0.15) is 23.0 Å². The Kier molecular flexibility index (Phi) is 6.79. The normalized spacial score (nSPS) is 12.5. The average Bonchev–Trinajstić information content (AvgIpc) is 3.18. The van der Waals surface area contributed by atoms with E-state index >= 15 is 0 Å². The van der Waals surface area contributed by atoms with Gasteiger partial charge in [0.15, 0.2) is 5.82 Å². The van der Waals surface area contributed by atoms with E-state index in [0.717, 1.165) is 24.5 Å². The zero-order valence-electron chi connectivity index (χ0n) is 21.0. The summed E-state index contributed by atoms with van der Waals surface area (Å²) < 4.78 is 56.7. The smallest absolute Gasteiger partial charge is 0.266 e. The van der Waals surface area contributed by atoms with Crippen molar-refractivity contribution >= 4 is 49.2 Å². The molecule has 0 amide bonds. The predicted molar refractivity (Wildman–Crippen MR) is 147 cm³/mol. The second kappa shape index (κ2) is 9.98. The summed E-state index contributed by atoms with van der Waals surface area (Å²) >= 11 is 6.45. The van der Waals surface area contributed by atoms with Crippen molar-refractivity contribution in [3.8, 4) is 11.8 Å². The summed E-state index contributed by atoms with van der Waals surface area (Å²) in [6.07, 6.45) is 0.873. The Hall–Kier alpha value is -4.38. The zero-order chi connectivity index (χ0) is 28.9. The highest BCUT2D eigenvalue weighted by molar-refractivity contribution is 7.92. The van der Waals surface area contributed by atoms with E-state index in [9.17, 15) is 27.3 Å². The van der Waals surface area contributed by atoms with E-state index in [1.807, 2.05) is 6.07 Å². The van der Waals surface area contributed by atoms with Gasteiger partial charge in [0, 0.05) is 13.1 Å². The van der Waals surface area contributed by atoms with Gasteiger partial charge in [0.2, 0.25) is 10.0 Å². The molecule has 0 bridgehead atoms. The molecular weight excluding hydrogens is 564 g/mol. The zero-order valence-corrected chi connectivity index (χ0v) is 22.6. The molecule has 0 fully saturated rings. The van der Waals surface area contributed by atoms with Crippen LogP contribution in [0.5, 0.6) is 0 Å². The van der Waals surface area contributed by atoms with Gasteiger partial charge in [-0.2, -0.15) is 10.4 Å².